The number of piperidine rings is 1. The first-order valence-electron chi connectivity index (χ1n) is 12.0. The van der Waals surface area contributed by atoms with Crippen LogP contribution in [0, 0.1) is 5.41 Å². The summed E-state index contributed by atoms with van der Waals surface area (Å²) >= 11 is 1.69. The normalized spacial score (nSPS) is 17.9. The van der Waals surface area contributed by atoms with E-state index in [0.29, 0.717) is 36.5 Å². The van der Waals surface area contributed by atoms with E-state index in [-0.39, 0.29) is 22.5 Å². The average Bonchev–Trinajstić information content (AvgIpc) is 3.42. The molecule has 7 nitrogen and oxygen atoms in total. The van der Waals surface area contributed by atoms with Gasteiger partial charge in [-0.2, -0.15) is 5.10 Å². The molecule has 1 fully saturated rings. The van der Waals surface area contributed by atoms with Crippen molar-refractivity contribution in [3.8, 4) is 5.75 Å². The number of amides is 1. The Balaban J connectivity index is 1.35. The minimum absolute atomic E-state index is 0.00828. The van der Waals surface area contributed by atoms with Crippen molar-refractivity contribution in [2.75, 3.05) is 20.2 Å². The zero-order valence-corrected chi connectivity index (χ0v) is 21.4. The predicted octanol–water partition coefficient (Wildman–Crippen LogP) is 4.94. The van der Waals surface area contributed by atoms with Gasteiger partial charge >= 0.3 is 0 Å². The molecular weight excluding hydrogens is 448 g/mol. The van der Waals surface area contributed by atoms with E-state index in [1.54, 1.807) is 24.5 Å². The van der Waals surface area contributed by atoms with Crippen LogP contribution in [-0.4, -0.2) is 52.0 Å². The Morgan fingerprint density at radius 3 is 2.62 bits per heavy atom. The summed E-state index contributed by atoms with van der Waals surface area (Å²) in [6, 6.07) is 3.71. The molecular formula is C26H32N4O3S. The highest BCUT2D eigenvalue weighted by molar-refractivity contribution is 7.12. The van der Waals surface area contributed by atoms with Gasteiger partial charge in [0.2, 0.25) is 0 Å². The van der Waals surface area contributed by atoms with Crippen LogP contribution in [0.1, 0.15) is 83.4 Å². The van der Waals surface area contributed by atoms with E-state index < -0.39 is 0 Å². The van der Waals surface area contributed by atoms with Crippen LogP contribution < -0.4 is 4.74 Å². The maximum Gasteiger partial charge on any atom is 0.254 e. The second-order valence-electron chi connectivity index (χ2n) is 10.7. The number of rotatable bonds is 3. The Morgan fingerprint density at radius 2 is 1.97 bits per heavy atom. The van der Waals surface area contributed by atoms with Gasteiger partial charge < -0.3 is 9.64 Å². The number of aromatic nitrogens is 3. The predicted molar refractivity (Wildman–Crippen MR) is 133 cm³/mol. The number of hydrogen-bond donors (Lipinski definition) is 1. The van der Waals surface area contributed by atoms with Crippen LogP contribution in [0.4, 0.5) is 0 Å². The van der Waals surface area contributed by atoms with Gasteiger partial charge in [-0.25, -0.2) is 4.98 Å². The number of ketones is 1. The van der Waals surface area contributed by atoms with E-state index >= 15 is 0 Å². The van der Waals surface area contributed by atoms with Crippen LogP contribution in [0.25, 0.3) is 10.9 Å². The van der Waals surface area contributed by atoms with Gasteiger partial charge in [0.05, 0.1) is 12.1 Å². The van der Waals surface area contributed by atoms with Crippen molar-refractivity contribution in [1.82, 2.24) is 20.1 Å². The number of nitrogens with one attached hydrogen (secondary N) is 1. The van der Waals surface area contributed by atoms with E-state index in [9.17, 15) is 9.59 Å². The highest BCUT2D eigenvalue weighted by atomic mass is 32.1. The number of fused-ring (bicyclic) bond motifs is 2. The summed E-state index contributed by atoms with van der Waals surface area (Å²) in [7, 11) is 1.60. The fourth-order valence-electron chi connectivity index (χ4n) is 5.24. The molecule has 1 N–H and O–H groups in total. The van der Waals surface area contributed by atoms with Crippen molar-refractivity contribution in [2.24, 2.45) is 5.41 Å². The van der Waals surface area contributed by atoms with E-state index in [1.807, 2.05) is 11.0 Å². The number of H-pyrrole nitrogens is 1. The molecule has 3 aromatic rings. The molecule has 180 valence electrons. The van der Waals surface area contributed by atoms with Crippen molar-refractivity contribution in [3.05, 3.63) is 39.0 Å². The van der Waals surface area contributed by atoms with Crippen LogP contribution in [-0.2, 0) is 18.3 Å². The highest BCUT2D eigenvalue weighted by Crippen LogP contribution is 2.46. The summed E-state index contributed by atoms with van der Waals surface area (Å²) in [4.78, 5) is 34.2. The van der Waals surface area contributed by atoms with Crippen LogP contribution >= 0.6 is 11.3 Å². The number of ether oxygens (including phenoxy) is 1. The molecule has 34 heavy (non-hydrogen) atoms. The van der Waals surface area contributed by atoms with E-state index in [1.165, 1.54) is 0 Å². The second-order valence-corrected chi connectivity index (χ2v) is 11.8. The minimum Gasteiger partial charge on any atom is -0.494 e. The molecule has 8 heteroatoms. The zero-order chi connectivity index (χ0) is 24.3. The molecule has 2 aliphatic rings. The number of aryl methyl sites for hydroxylation is 1. The van der Waals surface area contributed by atoms with Crippen LogP contribution in [0.5, 0.6) is 5.75 Å². The number of methoxy groups -OCH3 is 1. The van der Waals surface area contributed by atoms with Crippen molar-refractivity contribution >= 4 is 33.9 Å². The molecule has 0 unspecified atom stereocenters. The quantitative estimate of drug-likeness (QED) is 0.574. The monoisotopic (exact) mass is 480 g/mol. The Bertz CT molecular complexity index is 1280. The molecule has 1 saturated heterocycles. The number of benzene rings is 1. The van der Waals surface area contributed by atoms with Gasteiger partial charge in [0.15, 0.2) is 5.78 Å². The largest absolute Gasteiger partial charge is 0.494 e. The molecule has 0 atom stereocenters. The number of hydrogen-bond acceptors (Lipinski definition) is 6. The Labute approximate surface area is 203 Å². The van der Waals surface area contributed by atoms with Gasteiger partial charge in [0, 0.05) is 46.4 Å². The van der Waals surface area contributed by atoms with E-state index in [0.717, 1.165) is 52.2 Å². The standard InChI is InChI=1S/C26H32N4O3S/c1-6-17-16-11-15(12-19(33-5)21(16)29-28-17)23(32)30-9-7-26(8-10-30)13-18(31)22-20(14-26)34-24(27-22)25(2,3)4/h11-12H,6-10,13-14H2,1-5H3,(H,28,29). The number of nitrogens with zero attached hydrogens (tertiary/aromatic N) is 3. The fourth-order valence-corrected chi connectivity index (χ4v) is 6.55. The summed E-state index contributed by atoms with van der Waals surface area (Å²) in [6.07, 6.45) is 3.88. The molecule has 0 radical (unpaired) electrons. The highest BCUT2D eigenvalue weighted by Gasteiger charge is 2.44. The smallest absolute Gasteiger partial charge is 0.254 e. The molecule has 3 heterocycles. The topological polar surface area (TPSA) is 88.2 Å². The Hall–Kier alpha value is -2.74. The number of Topliss-reactive ketones (excluding diaryl/α,β-unsaturated/α-hetero) is 1. The summed E-state index contributed by atoms with van der Waals surface area (Å²) in [5.74, 6) is 0.777. The van der Waals surface area contributed by atoms with Gasteiger partial charge in [0.1, 0.15) is 17.0 Å². The van der Waals surface area contributed by atoms with Gasteiger partial charge in [-0.1, -0.05) is 27.7 Å². The Morgan fingerprint density at radius 1 is 1.24 bits per heavy atom. The summed E-state index contributed by atoms with van der Waals surface area (Å²) in [5, 5.41) is 9.38. The average molecular weight is 481 g/mol. The molecule has 1 aliphatic heterocycles. The first-order chi connectivity index (χ1) is 16.1. The van der Waals surface area contributed by atoms with E-state index in [2.05, 4.69) is 37.9 Å². The molecule has 0 saturated carbocycles. The second kappa shape index (κ2) is 8.18. The maximum atomic E-state index is 13.4. The van der Waals surface area contributed by atoms with Crippen LogP contribution in [0.2, 0.25) is 0 Å². The number of likely N-dealkylation sites (tertiary alicyclic amines) is 1. The number of thiazole rings is 1. The molecule has 1 amide bonds. The number of carbonyl (C=O) groups excluding carboxylic acids is 2. The molecule has 2 aromatic heterocycles. The SMILES string of the molecule is CCc1[nH]nc2c(OC)cc(C(=O)N3CCC4(CC3)CC(=O)c3nc(C(C)(C)C)sc3C4)cc12. The van der Waals surface area contributed by atoms with Gasteiger partial charge in [-0.15, -0.1) is 11.3 Å². The third-order valence-electron chi connectivity index (χ3n) is 7.31. The van der Waals surface area contributed by atoms with Crippen LogP contribution in [0.3, 0.4) is 0 Å². The van der Waals surface area contributed by atoms with Crippen molar-refractivity contribution in [2.45, 2.75) is 65.2 Å². The zero-order valence-electron chi connectivity index (χ0n) is 20.6. The third-order valence-corrected chi connectivity index (χ3v) is 8.79. The lowest BCUT2D eigenvalue weighted by atomic mass is 9.68. The van der Waals surface area contributed by atoms with Crippen LogP contribution in [0.15, 0.2) is 12.1 Å². The molecule has 1 aliphatic carbocycles. The van der Waals surface area contributed by atoms with Crippen molar-refractivity contribution in [1.29, 1.82) is 0 Å². The first-order valence-corrected chi connectivity index (χ1v) is 12.8. The van der Waals surface area contributed by atoms with Gasteiger partial charge in [-0.3, -0.25) is 14.7 Å². The first kappa shape index (κ1) is 23.0. The molecule has 1 spiro atoms. The third kappa shape index (κ3) is 3.82. The molecule has 0 bridgehead atoms. The number of aromatic amines is 1. The lowest BCUT2D eigenvalue weighted by molar-refractivity contribution is 0.0522. The van der Waals surface area contributed by atoms with Gasteiger partial charge in [0.25, 0.3) is 5.91 Å². The minimum atomic E-state index is -0.0653. The summed E-state index contributed by atoms with van der Waals surface area (Å²) in [6.45, 7) is 9.78. The summed E-state index contributed by atoms with van der Waals surface area (Å²) in [5.41, 5.74) is 2.94. The lowest BCUT2D eigenvalue weighted by Gasteiger charge is -2.43. The fraction of sp³-hybridized carbons (Fsp3) is 0.538. The van der Waals surface area contributed by atoms with Crippen molar-refractivity contribution in [3.63, 3.8) is 0 Å². The molecule has 5 rings (SSSR count). The molecule has 1 aromatic carbocycles. The lowest BCUT2D eigenvalue weighted by Crippen LogP contribution is -2.46. The Kier molecular flexibility index (Phi) is 5.54. The maximum absolute atomic E-state index is 13.4. The van der Waals surface area contributed by atoms with E-state index in [4.69, 9.17) is 9.72 Å². The number of carbonyl (C=O) groups is 2. The van der Waals surface area contributed by atoms with Gasteiger partial charge in [-0.05, 0) is 43.2 Å². The van der Waals surface area contributed by atoms with Crippen molar-refractivity contribution < 1.29 is 14.3 Å². The summed E-state index contributed by atoms with van der Waals surface area (Å²) < 4.78 is 5.53.